The predicted octanol–water partition coefficient (Wildman–Crippen LogP) is 6.72. The molecule has 0 spiro atoms. The molecule has 4 rings (SSSR count). The van der Waals surface area contributed by atoms with Crippen molar-refractivity contribution in [2.45, 2.75) is 18.6 Å². The van der Waals surface area contributed by atoms with Crippen molar-refractivity contribution in [2.24, 2.45) is 0 Å². The number of carboxylic acids is 1. The maximum absolute atomic E-state index is 13.3. The normalized spacial score (nSPS) is 12.3. The number of benzene rings is 4. The van der Waals surface area contributed by atoms with Crippen molar-refractivity contribution in [3.05, 3.63) is 136 Å². The van der Waals surface area contributed by atoms with Gasteiger partial charge in [0.1, 0.15) is 11.7 Å². The van der Waals surface area contributed by atoms with E-state index in [1.165, 1.54) is 12.1 Å². The summed E-state index contributed by atoms with van der Waals surface area (Å²) >= 11 is 3.30. The molecule has 6 nitrogen and oxygen atoms in total. The van der Waals surface area contributed by atoms with E-state index in [2.05, 4.69) is 26.6 Å². The number of aliphatic carboxylic acids is 1. The lowest BCUT2D eigenvalue weighted by atomic mass is 10.0. The van der Waals surface area contributed by atoms with Gasteiger partial charge in [0, 0.05) is 16.5 Å². The second-order valence-electron chi connectivity index (χ2n) is 9.27. The number of carboxylic acid groups (broad SMARTS) is 1. The van der Waals surface area contributed by atoms with Crippen molar-refractivity contribution in [3.63, 3.8) is 0 Å². The monoisotopic (exact) mass is 636 g/mol. The Morgan fingerprint density at radius 1 is 0.833 bits per heavy atom. The number of nitrogens with one attached hydrogen (secondary N) is 2. The predicted molar refractivity (Wildman–Crippen MR) is 156 cm³/mol. The first-order valence-electron chi connectivity index (χ1n) is 12.6. The van der Waals surface area contributed by atoms with Crippen molar-refractivity contribution in [3.8, 4) is 11.1 Å². The Labute approximate surface area is 248 Å². The van der Waals surface area contributed by atoms with Gasteiger partial charge in [-0.05, 0) is 64.7 Å². The minimum absolute atomic E-state index is 0.0190. The Morgan fingerprint density at radius 3 is 2.10 bits per heavy atom. The highest BCUT2D eigenvalue weighted by atomic mass is 79.9. The molecule has 3 N–H and O–H groups in total. The van der Waals surface area contributed by atoms with Crippen LogP contribution in [0.2, 0.25) is 0 Å². The van der Waals surface area contributed by atoms with E-state index in [9.17, 15) is 32.7 Å². The summed E-state index contributed by atoms with van der Waals surface area (Å²) < 4.78 is 40.7. The first-order chi connectivity index (χ1) is 20.0. The maximum Gasteiger partial charge on any atom is 0.416 e. The van der Waals surface area contributed by atoms with E-state index in [-0.39, 0.29) is 17.5 Å². The van der Waals surface area contributed by atoms with Crippen LogP contribution in [0.25, 0.3) is 17.2 Å². The third-order valence-electron chi connectivity index (χ3n) is 6.23. The zero-order valence-corrected chi connectivity index (χ0v) is 23.4. The molecule has 0 saturated heterocycles. The zero-order chi connectivity index (χ0) is 30.3. The van der Waals surface area contributed by atoms with Gasteiger partial charge >= 0.3 is 12.1 Å². The highest BCUT2D eigenvalue weighted by molar-refractivity contribution is 9.10. The summed E-state index contributed by atoms with van der Waals surface area (Å²) in [4.78, 5) is 38.4. The lowest BCUT2D eigenvalue weighted by Gasteiger charge is -2.17. The minimum Gasteiger partial charge on any atom is -0.480 e. The van der Waals surface area contributed by atoms with Crippen LogP contribution in [0.4, 0.5) is 13.2 Å². The minimum atomic E-state index is -4.63. The lowest BCUT2D eigenvalue weighted by molar-refractivity contribution is -0.141. The van der Waals surface area contributed by atoms with Crippen LogP contribution >= 0.6 is 15.9 Å². The van der Waals surface area contributed by atoms with Gasteiger partial charge < -0.3 is 15.7 Å². The van der Waals surface area contributed by atoms with Gasteiger partial charge in [0.15, 0.2) is 0 Å². The van der Waals surface area contributed by atoms with Crippen LogP contribution in [-0.4, -0.2) is 28.9 Å². The summed E-state index contributed by atoms with van der Waals surface area (Å²) in [6, 6.07) is 25.6. The molecule has 0 aliphatic rings. The van der Waals surface area contributed by atoms with E-state index in [1.807, 2.05) is 30.3 Å². The molecule has 0 aliphatic carbocycles. The topological polar surface area (TPSA) is 95.5 Å². The van der Waals surface area contributed by atoms with Crippen molar-refractivity contribution >= 4 is 39.8 Å². The highest BCUT2D eigenvalue weighted by Crippen LogP contribution is 2.30. The van der Waals surface area contributed by atoms with Crippen LogP contribution in [0.3, 0.4) is 0 Å². The van der Waals surface area contributed by atoms with Gasteiger partial charge in [-0.25, -0.2) is 4.79 Å². The molecule has 1 atom stereocenters. The third kappa shape index (κ3) is 8.17. The molecule has 10 heteroatoms. The average molecular weight is 637 g/mol. The molecule has 0 fully saturated rings. The Balaban J connectivity index is 1.62. The molecule has 0 bridgehead atoms. The second kappa shape index (κ2) is 13.3. The Morgan fingerprint density at radius 2 is 1.48 bits per heavy atom. The van der Waals surface area contributed by atoms with E-state index in [0.29, 0.717) is 5.56 Å². The van der Waals surface area contributed by atoms with Crippen molar-refractivity contribution < 1.29 is 32.7 Å². The van der Waals surface area contributed by atoms with Gasteiger partial charge in [-0.3, -0.25) is 9.59 Å². The summed E-state index contributed by atoms with van der Waals surface area (Å²) in [5.74, 6) is -3.01. The summed E-state index contributed by atoms with van der Waals surface area (Å²) in [6.45, 7) is 0. The van der Waals surface area contributed by atoms with Crippen LogP contribution in [0, 0.1) is 0 Å². The van der Waals surface area contributed by atoms with E-state index in [1.54, 1.807) is 48.5 Å². The average Bonchev–Trinajstić information content (AvgIpc) is 2.97. The number of carbonyl (C=O) groups excluding carboxylic acids is 2. The molecule has 1 unspecified atom stereocenters. The van der Waals surface area contributed by atoms with Crippen LogP contribution in [0.15, 0.2) is 113 Å². The first-order valence-corrected chi connectivity index (χ1v) is 13.4. The molecule has 214 valence electrons. The number of alkyl halides is 3. The molecule has 0 saturated carbocycles. The fraction of sp³-hybridized carbons (Fsp3) is 0.0938. The number of hydrogen-bond acceptors (Lipinski definition) is 3. The SMILES string of the molecule is O=C(NC(Cc1ccc(Br)cc1)C(=O)O)/C(=C/c1cccc(C(F)(F)F)c1)NC(=O)c1ccc(-c2ccccc2)cc1. The Kier molecular flexibility index (Phi) is 9.59. The standard InChI is InChI=1S/C32H24BrF3N2O4/c33-26-15-9-20(10-16-26)18-28(31(41)42)38-30(40)27(19-21-5-4-8-25(17-21)32(34,35)36)37-29(39)24-13-11-23(12-14-24)22-6-2-1-3-7-22/h1-17,19,28H,18H2,(H,37,39)(H,38,40)(H,41,42)/b27-19-. The lowest BCUT2D eigenvalue weighted by Crippen LogP contribution is -2.45. The van der Waals surface area contributed by atoms with E-state index in [0.717, 1.165) is 33.8 Å². The summed E-state index contributed by atoms with van der Waals surface area (Å²) in [6.07, 6.45) is -3.63. The number of rotatable bonds is 9. The van der Waals surface area contributed by atoms with Crippen LogP contribution < -0.4 is 10.6 Å². The molecule has 0 heterocycles. The molecule has 2 amide bonds. The molecule has 0 radical (unpaired) electrons. The van der Waals surface area contributed by atoms with Crippen LogP contribution in [0.5, 0.6) is 0 Å². The van der Waals surface area contributed by atoms with Crippen LogP contribution in [-0.2, 0) is 22.2 Å². The molecule has 42 heavy (non-hydrogen) atoms. The number of amides is 2. The Hall–Kier alpha value is -4.70. The fourth-order valence-corrected chi connectivity index (χ4v) is 4.33. The number of halogens is 4. The molecular formula is C32H24BrF3N2O4. The van der Waals surface area contributed by atoms with E-state index in [4.69, 9.17) is 0 Å². The smallest absolute Gasteiger partial charge is 0.416 e. The molecule has 0 aromatic heterocycles. The molecular weight excluding hydrogens is 613 g/mol. The number of carbonyl (C=O) groups is 3. The van der Waals surface area contributed by atoms with Gasteiger partial charge in [0.25, 0.3) is 11.8 Å². The summed E-state index contributed by atoms with van der Waals surface area (Å²) in [5.41, 5.74) is 1.20. The van der Waals surface area contributed by atoms with E-state index >= 15 is 0 Å². The number of hydrogen-bond donors (Lipinski definition) is 3. The second-order valence-corrected chi connectivity index (χ2v) is 10.2. The van der Waals surface area contributed by atoms with Gasteiger partial charge in [0.05, 0.1) is 5.56 Å². The molecule has 0 aliphatic heterocycles. The van der Waals surface area contributed by atoms with Gasteiger partial charge in [0.2, 0.25) is 0 Å². The van der Waals surface area contributed by atoms with Crippen molar-refractivity contribution in [1.29, 1.82) is 0 Å². The summed E-state index contributed by atoms with van der Waals surface area (Å²) in [5, 5.41) is 14.6. The van der Waals surface area contributed by atoms with Crippen LogP contribution in [0.1, 0.15) is 27.0 Å². The van der Waals surface area contributed by atoms with E-state index < -0.39 is 41.3 Å². The molecule has 4 aromatic carbocycles. The molecule has 4 aromatic rings. The van der Waals surface area contributed by atoms with Crippen molar-refractivity contribution in [2.75, 3.05) is 0 Å². The first kappa shape index (κ1) is 30.3. The highest BCUT2D eigenvalue weighted by Gasteiger charge is 2.30. The van der Waals surface area contributed by atoms with Gasteiger partial charge in [-0.15, -0.1) is 0 Å². The summed E-state index contributed by atoms with van der Waals surface area (Å²) in [7, 11) is 0. The Bertz CT molecular complexity index is 1600. The maximum atomic E-state index is 13.3. The van der Waals surface area contributed by atoms with Crippen molar-refractivity contribution in [1.82, 2.24) is 10.6 Å². The zero-order valence-electron chi connectivity index (χ0n) is 21.9. The third-order valence-corrected chi connectivity index (χ3v) is 6.76. The largest absolute Gasteiger partial charge is 0.480 e. The van der Waals surface area contributed by atoms with Gasteiger partial charge in [-0.1, -0.05) is 82.7 Å². The van der Waals surface area contributed by atoms with Gasteiger partial charge in [-0.2, -0.15) is 13.2 Å². The quantitative estimate of drug-likeness (QED) is 0.178. The fourth-order valence-electron chi connectivity index (χ4n) is 4.06.